The topological polar surface area (TPSA) is 58.3 Å². The number of rotatable bonds is 6. The second kappa shape index (κ2) is 7.68. The Bertz CT molecular complexity index is 370. The van der Waals surface area contributed by atoms with Gasteiger partial charge in [0.25, 0.3) is 0 Å². The Kier molecular flexibility index (Phi) is 6.18. The van der Waals surface area contributed by atoms with E-state index in [1.165, 1.54) is 12.8 Å². The predicted octanol–water partition coefficient (Wildman–Crippen LogP) is 1.01. The first-order valence-electron chi connectivity index (χ1n) is 6.51. The first kappa shape index (κ1) is 14.5. The number of aliphatic imine (C=N–C) groups is 1. The van der Waals surface area contributed by atoms with E-state index in [1.54, 1.807) is 6.33 Å². The molecule has 18 heavy (non-hydrogen) atoms. The van der Waals surface area contributed by atoms with Crippen LogP contribution in [0.3, 0.4) is 0 Å². The third kappa shape index (κ3) is 4.35. The fraction of sp³-hybridized carbons (Fsp3) is 0.750. The number of aryl methyl sites for hydroxylation is 1. The maximum Gasteiger partial charge on any atom is 0.194 e. The van der Waals surface area contributed by atoms with Crippen molar-refractivity contribution < 1.29 is 0 Å². The van der Waals surface area contributed by atoms with Crippen LogP contribution in [0.2, 0.25) is 0 Å². The molecule has 6 heteroatoms. The van der Waals surface area contributed by atoms with Crippen LogP contribution in [0.5, 0.6) is 0 Å². The second-order valence-electron chi connectivity index (χ2n) is 4.30. The van der Waals surface area contributed by atoms with Crippen molar-refractivity contribution in [3.63, 3.8) is 0 Å². The van der Waals surface area contributed by atoms with Gasteiger partial charge in [0.15, 0.2) is 11.8 Å². The molecule has 0 aliphatic heterocycles. The monoisotopic (exact) mass is 252 g/mol. The molecule has 0 fully saturated rings. The summed E-state index contributed by atoms with van der Waals surface area (Å²) in [5.41, 5.74) is 0. The van der Waals surface area contributed by atoms with Gasteiger partial charge in [-0.3, -0.25) is 0 Å². The molecule has 0 atom stereocenters. The van der Waals surface area contributed by atoms with Crippen LogP contribution in [-0.2, 0) is 13.6 Å². The van der Waals surface area contributed by atoms with Gasteiger partial charge in [-0.25, -0.2) is 4.99 Å². The Labute approximate surface area is 109 Å². The number of nitrogens with zero attached hydrogens (tertiary/aromatic N) is 5. The molecule has 0 saturated heterocycles. The fourth-order valence-electron chi connectivity index (χ4n) is 1.57. The lowest BCUT2D eigenvalue weighted by Gasteiger charge is -2.21. The fourth-order valence-corrected chi connectivity index (χ4v) is 1.57. The zero-order valence-corrected chi connectivity index (χ0v) is 11.8. The van der Waals surface area contributed by atoms with Gasteiger partial charge < -0.3 is 14.8 Å². The van der Waals surface area contributed by atoms with Gasteiger partial charge in [-0.15, -0.1) is 10.2 Å². The summed E-state index contributed by atoms with van der Waals surface area (Å²) in [4.78, 5) is 6.73. The molecule has 1 N–H and O–H groups in total. The first-order valence-corrected chi connectivity index (χ1v) is 6.51. The number of aromatic nitrogens is 3. The van der Waals surface area contributed by atoms with Crippen LogP contribution < -0.4 is 5.32 Å². The molecule has 0 aliphatic rings. The smallest absolute Gasteiger partial charge is 0.194 e. The first-order chi connectivity index (χ1) is 8.69. The molecule has 1 heterocycles. The molecule has 1 aromatic heterocycles. The molecule has 1 aromatic rings. The van der Waals surface area contributed by atoms with Gasteiger partial charge in [0, 0.05) is 27.2 Å². The highest BCUT2D eigenvalue weighted by Crippen LogP contribution is 1.97. The van der Waals surface area contributed by atoms with Gasteiger partial charge in [-0.1, -0.05) is 13.3 Å². The number of hydrogen-bond acceptors (Lipinski definition) is 3. The number of nitrogens with one attached hydrogen (secondary N) is 1. The highest BCUT2D eigenvalue weighted by molar-refractivity contribution is 5.79. The number of unbranched alkanes of at least 4 members (excludes halogenated alkanes) is 1. The summed E-state index contributed by atoms with van der Waals surface area (Å²) in [6.07, 6.45) is 4.05. The molecule has 0 unspecified atom stereocenters. The zero-order chi connectivity index (χ0) is 13.4. The van der Waals surface area contributed by atoms with E-state index in [0.29, 0.717) is 6.54 Å². The third-order valence-electron chi connectivity index (χ3n) is 2.72. The van der Waals surface area contributed by atoms with Crippen molar-refractivity contribution in [1.29, 1.82) is 0 Å². The van der Waals surface area contributed by atoms with Crippen LogP contribution in [0.25, 0.3) is 0 Å². The normalized spacial score (nSPS) is 11.7. The van der Waals surface area contributed by atoms with Crippen LogP contribution in [-0.4, -0.2) is 45.8 Å². The van der Waals surface area contributed by atoms with Crippen molar-refractivity contribution >= 4 is 5.96 Å². The number of guanidine groups is 1. The van der Waals surface area contributed by atoms with Crippen LogP contribution in [0.4, 0.5) is 0 Å². The largest absolute Gasteiger partial charge is 0.357 e. The molecule has 0 radical (unpaired) electrons. The van der Waals surface area contributed by atoms with Gasteiger partial charge in [0.05, 0.1) is 0 Å². The van der Waals surface area contributed by atoms with E-state index < -0.39 is 0 Å². The van der Waals surface area contributed by atoms with E-state index in [2.05, 4.69) is 46.3 Å². The van der Waals surface area contributed by atoms with E-state index in [1.807, 2.05) is 11.6 Å². The Morgan fingerprint density at radius 2 is 2.28 bits per heavy atom. The van der Waals surface area contributed by atoms with Crippen LogP contribution in [0.15, 0.2) is 11.3 Å². The van der Waals surface area contributed by atoms with Gasteiger partial charge in [0.1, 0.15) is 12.9 Å². The average Bonchev–Trinajstić information content (AvgIpc) is 2.77. The van der Waals surface area contributed by atoms with Crippen molar-refractivity contribution in [2.75, 3.05) is 20.1 Å². The van der Waals surface area contributed by atoms with E-state index in [9.17, 15) is 0 Å². The summed E-state index contributed by atoms with van der Waals surface area (Å²) in [7, 11) is 3.99. The van der Waals surface area contributed by atoms with Crippen molar-refractivity contribution in [3.8, 4) is 0 Å². The van der Waals surface area contributed by atoms with Crippen molar-refractivity contribution in [3.05, 3.63) is 12.2 Å². The molecule has 0 bridgehead atoms. The van der Waals surface area contributed by atoms with E-state index in [0.717, 1.165) is 24.9 Å². The highest BCUT2D eigenvalue weighted by Gasteiger charge is 2.06. The Balaban J connectivity index is 2.62. The SMILES string of the molecule is CCCCN(C)C(=NCc1nncn1C)NCC. The molecule has 0 saturated carbocycles. The highest BCUT2D eigenvalue weighted by atomic mass is 15.3. The van der Waals surface area contributed by atoms with Crippen LogP contribution in [0.1, 0.15) is 32.5 Å². The summed E-state index contributed by atoms with van der Waals surface area (Å²) in [6.45, 7) is 6.70. The van der Waals surface area contributed by atoms with E-state index in [4.69, 9.17) is 0 Å². The molecule has 0 amide bonds. The minimum Gasteiger partial charge on any atom is -0.357 e. The number of hydrogen-bond donors (Lipinski definition) is 1. The summed E-state index contributed by atoms with van der Waals surface area (Å²) in [6, 6.07) is 0. The summed E-state index contributed by atoms with van der Waals surface area (Å²) >= 11 is 0. The van der Waals surface area contributed by atoms with Gasteiger partial charge in [0.2, 0.25) is 0 Å². The summed E-state index contributed by atoms with van der Waals surface area (Å²) < 4.78 is 1.89. The lowest BCUT2D eigenvalue weighted by atomic mass is 10.3. The van der Waals surface area contributed by atoms with Gasteiger partial charge in [-0.2, -0.15) is 0 Å². The average molecular weight is 252 g/mol. The lowest BCUT2D eigenvalue weighted by Crippen LogP contribution is -2.39. The van der Waals surface area contributed by atoms with E-state index >= 15 is 0 Å². The molecule has 102 valence electrons. The minimum absolute atomic E-state index is 0.551. The Morgan fingerprint density at radius 1 is 1.50 bits per heavy atom. The molecular weight excluding hydrogens is 228 g/mol. The quantitative estimate of drug-likeness (QED) is 0.606. The van der Waals surface area contributed by atoms with Crippen molar-refractivity contribution in [1.82, 2.24) is 25.0 Å². The molecule has 0 spiro atoms. The van der Waals surface area contributed by atoms with Crippen LogP contribution >= 0.6 is 0 Å². The maximum atomic E-state index is 4.58. The zero-order valence-electron chi connectivity index (χ0n) is 11.8. The van der Waals surface area contributed by atoms with Crippen molar-refractivity contribution in [2.45, 2.75) is 33.2 Å². The third-order valence-corrected chi connectivity index (χ3v) is 2.72. The Hall–Kier alpha value is -1.59. The van der Waals surface area contributed by atoms with Crippen molar-refractivity contribution in [2.24, 2.45) is 12.0 Å². The second-order valence-corrected chi connectivity index (χ2v) is 4.30. The standard InChI is InChI=1S/C12H24N6/c1-5-7-8-17(3)12(13-6-2)14-9-11-16-15-10-18(11)4/h10H,5-9H2,1-4H3,(H,13,14). The van der Waals surface area contributed by atoms with Gasteiger partial charge >= 0.3 is 0 Å². The van der Waals surface area contributed by atoms with Gasteiger partial charge in [-0.05, 0) is 13.3 Å². The predicted molar refractivity (Wildman–Crippen MR) is 73.4 cm³/mol. The summed E-state index contributed by atoms with van der Waals surface area (Å²) in [5.74, 6) is 1.79. The minimum atomic E-state index is 0.551. The Morgan fingerprint density at radius 3 is 2.83 bits per heavy atom. The summed E-state index contributed by atoms with van der Waals surface area (Å²) in [5, 5.41) is 11.2. The maximum absolute atomic E-state index is 4.58. The molecule has 0 aromatic carbocycles. The molecule has 1 rings (SSSR count). The molecule has 0 aliphatic carbocycles. The van der Waals surface area contributed by atoms with Crippen LogP contribution in [0, 0.1) is 0 Å². The van der Waals surface area contributed by atoms with E-state index in [-0.39, 0.29) is 0 Å². The molecular formula is C12H24N6. The lowest BCUT2D eigenvalue weighted by molar-refractivity contribution is 0.464. The molecule has 6 nitrogen and oxygen atoms in total.